The van der Waals surface area contributed by atoms with Crippen LogP contribution in [0.3, 0.4) is 0 Å². The van der Waals surface area contributed by atoms with Gasteiger partial charge in [0.2, 0.25) is 0 Å². The molecule has 0 amide bonds. The highest BCUT2D eigenvalue weighted by Crippen LogP contribution is 2.21. The molecule has 0 aliphatic carbocycles. The van der Waals surface area contributed by atoms with Crippen molar-refractivity contribution in [3.8, 4) is 5.75 Å². The monoisotopic (exact) mass is 451 g/mol. The molecule has 0 bridgehead atoms. The zero-order chi connectivity index (χ0) is 22.5. The van der Waals surface area contributed by atoms with E-state index in [1.807, 2.05) is 60.4 Å². The van der Waals surface area contributed by atoms with Crippen molar-refractivity contribution >= 4 is 33.9 Å². The summed E-state index contributed by atoms with van der Waals surface area (Å²) in [6.07, 6.45) is 2.15. The van der Waals surface area contributed by atoms with Crippen LogP contribution in [0.1, 0.15) is 30.9 Å². The Bertz CT molecular complexity index is 1140. The number of aryl methyl sites for hydroxylation is 1. The molecule has 7 heteroatoms. The number of nitrogens with one attached hydrogen (secondary N) is 2. The Hall–Kier alpha value is -2.90. The van der Waals surface area contributed by atoms with Crippen molar-refractivity contribution in [2.24, 2.45) is 0 Å². The summed E-state index contributed by atoms with van der Waals surface area (Å²) < 4.78 is 11.5. The third-order valence-corrected chi connectivity index (χ3v) is 5.96. The molecule has 3 aromatic rings. The molecule has 0 radical (unpaired) electrons. The summed E-state index contributed by atoms with van der Waals surface area (Å²) in [6, 6.07) is 15.7. The summed E-state index contributed by atoms with van der Waals surface area (Å²) in [6.45, 7) is 6.39. The molecule has 2 aromatic carbocycles. The minimum atomic E-state index is -0.114. The number of thiocarbonyl (C=S) groups is 1. The van der Waals surface area contributed by atoms with E-state index in [2.05, 4.69) is 17.2 Å². The van der Waals surface area contributed by atoms with Gasteiger partial charge in [-0.05, 0) is 75.3 Å². The van der Waals surface area contributed by atoms with Crippen LogP contribution < -0.4 is 15.6 Å². The van der Waals surface area contributed by atoms with Crippen molar-refractivity contribution < 1.29 is 9.47 Å². The largest absolute Gasteiger partial charge is 0.494 e. The number of pyridine rings is 1. The van der Waals surface area contributed by atoms with Crippen molar-refractivity contribution in [1.29, 1.82) is 0 Å². The second-order valence-corrected chi connectivity index (χ2v) is 8.50. The quantitative estimate of drug-likeness (QED) is 0.511. The van der Waals surface area contributed by atoms with Crippen LogP contribution in [-0.4, -0.2) is 40.9 Å². The van der Waals surface area contributed by atoms with Gasteiger partial charge in [0, 0.05) is 35.3 Å². The molecule has 0 saturated carbocycles. The van der Waals surface area contributed by atoms with Crippen LogP contribution in [0.2, 0.25) is 0 Å². The lowest BCUT2D eigenvalue weighted by Gasteiger charge is -2.28. The molecule has 168 valence electrons. The number of ether oxygens (including phenoxy) is 2. The zero-order valence-corrected chi connectivity index (χ0v) is 19.3. The van der Waals surface area contributed by atoms with Gasteiger partial charge in [-0.25, -0.2) is 0 Å². The summed E-state index contributed by atoms with van der Waals surface area (Å²) in [7, 11) is 0. The highest BCUT2D eigenvalue weighted by atomic mass is 32.1. The molecule has 4 rings (SSSR count). The van der Waals surface area contributed by atoms with Gasteiger partial charge in [-0.2, -0.15) is 0 Å². The minimum Gasteiger partial charge on any atom is -0.494 e. The predicted octanol–water partition coefficient (Wildman–Crippen LogP) is 4.61. The van der Waals surface area contributed by atoms with Crippen LogP contribution >= 0.6 is 12.2 Å². The van der Waals surface area contributed by atoms with Crippen molar-refractivity contribution in [1.82, 2.24) is 9.88 Å². The first-order chi connectivity index (χ1) is 15.5. The lowest BCUT2D eigenvalue weighted by molar-refractivity contribution is 0.0904. The molecular weight excluding hydrogens is 422 g/mol. The van der Waals surface area contributed by atoms with Gasteiger partial charge in [-0.3, -0.25) is 4.79 Å². The van der Waals surface area contributed by atoms with Crippen LogP contribution in [0.25, 0.3) is 10.9 Å². The van der Waals surface area contributed by atoms with Gasteiger partial charge < -0.3 is 24.7 Å². The van der Waals surface area contributed by atoms with E-state index in [1.54, 1.807) is 0 Å². The Balaban J connectivity index is 1.59. The maximum Gasteiger partial charge on any atom is 0.253 e. The lowest BCUT2D eigenvalue weighted by atomic mass is 10.1. The summed E-state index contributed by atoms with van der Waals surface area (Å²) in [5.74, 6) is 0.783. The average Bonchev–Trinajstić information content (AvgIpc) is 3.29. The number of hydrogen-bond acceptors (Lipinski definition) is 4. The van der Waals surface area contributed by atoms with Crippen molar-refractivity contribution in [3.05, 3.63) is 70.0 Å². The SMILES string of the molecule is CCOc1ccc2[nH]c(=O)c(CN(C[C@H]3CCCO3)C(=S)Nc3ccc(C)cc3)cc2c1. The molecular formula is C25H29N3O3S. The smallest absolute Gasteiger partial charge is 0.253 e. The predicted molar refractivity (Wildman–Crippen MR) is 133 cm³/mol. The normalized spacial score (nSPS) is 15.6. The van der Waals surface area contributed by atoms with E-state index in [0.717, 1.165) is 41.8 Å². The van der Waals surface area contributed by atoms with Gasteiger partial charge in [0.05, 0.1) is 19.3 Å². The maximum absolute atomic E-state index is 12.8. The number of H-pyrrole nitrogens is 1. The first kappa shape index (κ1) is 22.3. The van der Waals surface area contributed by atoms with E-state index in [9.17, 15) is 4.79 Å². The first-order valence-electron chi connectivity index (χ1n) is 11.0. The summed E-state index contributed by atoms with van der Waals surface area (Å²) in [5.41, 5.74) is 3.43. The highest BCUT2D eigenvalue weighted by molar-refractivity contribution is 7.80. The van der Waals surface area contributed by atoms with E-state index in [4.69, 9.17) is 21.7 Å². The zero-order valence-electron chi connectivity index (χ0n) is 18.5. The van der Waals surface area contributed by atoms with Crippen LogP contribution in [0.5, 0.6) is 5.75 Å². The van der Waals surface area contributed by atoms with Crippen molar-refractivity contribution in [3.63, 3.8) is 0 Å². The van der Waals surface area contributed by atoms with E-state index in [1.165, 1.54) is 5.56 Å². The number of aromatic amines is 1. The van der Waals surface area contributed by atoms with Gasteiger partial charge >= 0.3 is 0 Å². The lowest BCUT2D eigenvalue weighted by Crippen LogP contribution is -2.40. The Labute approximate surface area is 193 Å². The Morgan fingerprint density at radius 1 is 1.25 bits per heavy atom. The Morgan fingerprint density at radius 3 is 2.78 bits per heavy atom. The topological polar surface area (TPSA) is 66.6 Å². The Kier molecular flexibility index (Phi) is 7.07. The Morgan fingerprint density at radius 2 is 2.06 bits per heavy atom. The fraction of sp³-hybridized carbons (Fsp3) is 0.360. The van der Waals surface area contributed by atoms with Gasteiger partial charge in [0.15, 0.2) is 5.11 Å². The molecule has 1 saturated heterocycles. The summed E-state index contributed by atoms with van der Waals surface area (Å²) in [5, 5.41) is 4.82. The molecule has 1 atom stereocenters. The van der Waals surface area contributed by atoms with E-state index >= 15 is 0 Å². The third kappa shape index (κ3) is 5.47. The number of hydrogen-bond donors (Lipinski definition) is 2. The van der Waals surface area contributed by atoms with E-state index < -0.39 is 0 Å². The molecule has 32 heavy (non-hydrogen) atoms. The van der Waals surface area contributed by atoms with Crippen LogP contribution in [-0.2, 0) is 11.3 Å². The fourth-order valence-corrected chi connectivity index (χ4v) is 4.16. The highest BCUT2D eigenvalue weighted by Gasteiger charge is 2.22. The standard InChI is InChI=1S/C25H29N3O3S/c1-3-30-21-10-11-23-18(14-21)13-19(24(29)27-23)15-28(16-22-5-4-12-31-22)25(32)26-20-8-6-17(2)7-9-20/h6-11,13-14,22H,3-5,12,15-16H2,1-2H3,(H,26,32)(H,27,29)/t22-/m1/s1. The molecule has 2 N–H and O–H groups in total. The first-order valence-corrected chi connectivity index (χ1v) is 11.5. The second-order valence-electron chi connectivity index (χ2n) is 8.12. The van der Waals surface area contributed by atoms with Crippen LogP contribution in [0, 0.1) is 6.92 Å². The van der Waals surface area contributed by atoms with Crippen molar-refractivity contribution in [2.75, 3.05) is 25.1 Å². The number of benzene rings is 2. The minimum absolute atomic E-state index is 0.108. The molecule has 1 aliphatic heterocycles. The number of aromatic nitrogens is 1. The molecule has 1 aromatic heterocycles. The van der Waals surface area contributed by atoms with Crippen LogP contribution in [0.15, 0.2) is 53.3 Å². The van der Waals surface area contributed by atoms with Gasteiger partial charge in [0.25, 0.3) is 5.56 Å². The average molecular weight is 452 g/mol. The maximum atomic E-state index is 12.8. The molecule has 1 aliphatic rings. The van der Waals surface area contributed by atoms with E-state index in [0.29, 0.717) is 30.4 Å². The van der Waals surface area contributed by atoms with Gasteiger partial charge in [-0.1, -0.05) is 17.7 Å². The molecule has 0 spiro atoms. The summed E-state index contributed by atoms with van der Waals surface area (Å²) in [4.78, 5) is 17.8. The molecule has 2 heterocycles. The van der Waals surface area contributed by atoms with Gasteiger partial charge in [0.1, 0.15) is 5.75 Å². The molecule has 1 fully saturated rings. The number of rotatable bonds is 7. The van der Waals surface area contributed by atoms with Crippen molar-refractivity contribution in [2.45, 2.75) is 39.3 Å². The fourth-order valence-electron chi connectivity index (χ4n) is 3.90. The molecule has 6 nitrogen and oxygen atoms in total. The van der Waals surface area contributed by atoms with Gasteiger partial charge in [-0.15, -0.1) is 0 Å². The van der Waals surface area contributed by atoms with E-state index in [-0.39, 0.29) is 11.7 Å². The third-order valence-electron chi connectivity index (χ3n) is 5.60. The summed E-state index contributed by atoms with van der Waals surface area (Å²) >= 11 is 5.75. The molecule has 0 unspecified atom stereocenters. The number of nitrogens with zero attached hydrogens (tertiary/aromatic N) is 1. The number of fused-ring (bicyclic) bond motifs is 1. The number of anilines is 1. The van der Waals surface area contributed by atoms with Crippen LogP contribution in [0.4, 0.5) is 5.69 Å². The second kappa shape index (κ2) is 10.1.